The summed E-state index contributed by atoms with van der Waals surface area (Å²) in [5.41, 5.74) is 1.96. The van der Waals surface area contributed by atoms with Gasteiger partial charge in [0.15, 0.2) is 5.76 Å². The van der Waals surface area contributed by atoms with Crippen LogP contribution < -0.4 is 4.90 Å². The fourth-order valence-electron chi connectivity index (χ4n) is 3.88. The zero-order valence-corrected chi connectivity index (χ0v) is 17.1. The van der Waals surface area contributed by atoms with Crippen LogP contribution in [0.2, 0.25) is 0 Å². The highest BCUT2D eigenvalue weighted by Gasteiger charge is 2.27. The van der Waals surface area contributed by atoms with E-state index in [2.05, 4.69) is 5.10 Å². The van der Waals surface area contributed by atoms with Crippen LogP contribution in [0.15, 0.2) is 77.4 Å². The molecule has 32 heavy (non-hydrogen) atoms. The number of nitrogens with zero attached hydrogens (tertiary/aromatic N) is 4. The fourth-order valence-corrected chi connectivity index (χ4v) is 3.88. The van der Waals surface area contributed by atoms with Crippen molar-refractivity contribution in [3.63, 3.8) is 0 Å². The van der Waals surface area contributed by atoms with Crippen LogP contribution in [-0.2, 0) is 0 Å². The highest BCUT2D eigenvalue weighted by Crippen LogP contribution is 2.25. The Morgan fingerprint density at radius 2 is 1.66 bits per heavy atom. The normalized spacial score (nSPS) is 14.1. The van der Waals surface area contributed by atoms with Crippen molar-refractivity contribution in [2.45, 2.75) is 0 Å². The maximum Gasteiger partial charge on any atom is 0.272 e. The van der Waals surface area contributed by atoms with Gasteiger partial charge in [-0.25, -0.2) is 13.5 Å². The minimum atomic E-state index is -0.371. The number of amides is 1. The molecule has 3 heterocycles. The second-order valence-electron chi connectivity index (χ2n) is 7.51. The number of aromatic nitrogens is 2. The SMILES string of the molecule is O=C(c1cc(-c2ccco2)nn1-c1ccc(F)cc1)N1CCN(c2ccccc2F)CC1. The minimum absolute atomic E-state index is 0.201. The second-order valence-corrected chi connectivity index (χ2v) is 7.51. The van der Waals surface area contributed by atoms with Gasteiger partial charge >= 0.3 is 0 Å². The number of benzene rings is 2. The first kappa shape index (κ1) is 20.0. The first-order chi connectivity index (χ1) is 15.6. The van der Waals surface area contributed by atoms with Gasteiger partial charge in [0, 0.05) is 32.2 Å². The van der Waals surface area contributed by atoms with Crippen molar-refractivity contribution >= 4 is 11.6 Å². The van der Waals surface area contributed by atoms with Gasteiger partial charge in [0.25, 0.3) is 5.91 Å². The highest BCUT2D eigenvalue weighted by atomic mass is 19.1. The molecule has 8 heteroatoms. The molecule has 0 N–H and O–H groups in total. The third-order valence-electron chi connectivity index (χ3n) is 5.53. The minimum Gasteiger partial charge on any atom is -0.463 e. The lowest BCUT2D eigenvalue weighted by atomic mass is 10.2. The Hall–Kier alpha value is -3.94. The summed E-state index contributed by atoms with van der Waals surface area (Å²) >= 11 is 0. The maximum atomic E-state index is 14.1. The molecule has 0 spiro atoms. The number of rotatable bonds is 4. The van der Waals surface area contributed by atoms with Crippen molar-refractivity contribution in [2.75, 3.05) is 31.1 Å². The molecule has 2 aromatic carbocycles. The summed E-state index contributed by atoms with van der Waals surface area (Å²) in [6, 6.07) is 17.6. The molecular weight excluding hydrogens is 414 g/mol. The van der Waals surface area contributed by atoms with Gasteiger partial charge in [0.1, 0.15) is 23.0 Å². The number of furan rings is 1. The van der Waals surface area contributed by atoms with Crippen LogP contribution in [0.5, 0.6) is 0 Å². The topological polar surface area (TPSA) is 54.5 Å². The Morgan fingerprint density at radius 1 is 0.906 bits per heavy atom. The molecule has 0 aliphatic carbocycles. The molecule has 1 aliphatic rings. The van der Waals surface area contributed by atoms with Gasteiger partial charge in [0.05, 0.1) is 17.6 Å². The Kier molecular flexibility index (Phi) is 5.18. The Balaban J connectivity index is 1.42. The molecule has 1 saturated heterocycles. The van der Waals surface area contributed by atoms with Crippen LogP contribution in [-0.4, -0.2) is 46.8 Å². The van der Waals surface area contributed by atoms with E-state index in [4.69, 9.17) is 4.42 Å². The molecule has 0 atom stereocenters. The lowest BCUT2D eigenvalue weighted by Crippen LogP contribution is -2.49. The van der Waals surface area contributed by atoms with E-state index in [9.17, 15) is 13.6 Å². The van der Waals surface area contributed by atoms with E-state index in [0.717, 1.165) is 0 Å². The molecule has 4 aromatic rings. The van der Waals surface area contributed by atoms with Crippen LogP contribution in [0.1, 0.15) is 10.5 Å². The molecule has 0 unspecified atom stereocenters. The van der Waals surface area contributed by atoms with Crippen LogP contribution in [0.4, 0.5) is 14.5 Å². The lowest BCUT2D eigenvalue weighted by molar-refractivity contribution is 0.0737. The molecule has 0 bridgehead atoms. The van der Waals surface area contributed by atoms with Crippen LogP contribution >= 0.6 is 0 Å². The largest absolute Gasteiger partial charge is 0.463 e. The van der Waals surface area contributed by atoms with Crippen LogP contribution in [0.3, 0.4) is 0 Å². The maximum absolute atomic E-state index is 14.1. The summed E-state index contributed by atoms with van der Waals surface area (Å²) in [4.78, 5) is 17.1. The van der Waals surface area contributed by atoms with Crippen molar-refractivity contribution in [2.24, 2.45) is 0 Å². The average molecular weight is 434 g/mol. The van der Waals surface area contributed by atoms with Crippen molar-refractivity contribution in [3.05, 3.63) is 90.3 Å². The van der Waals surface area contributed by atoms with E-state index in [1.807, 2.05) is 4.90 Å². The molecule has 1 amide bonds. The molecule has 162 valence electrons. The lowest BCUT2D eigenvalue weighted by Gasteiger charge is -2.36. The van der Waals surface area contributed by atoms with Gasteiger partial charge in [-0.2, -0.15) is 5.10 Å². The highest BCUT2D eigenvalue weighted by molar-refractivity contribution is 5.94. The van der Waals surface area contributed by atoms with Crippen LogP contribution in [0.25, 0.3) is 17.1 Å². The smallest absolute Gasteiger partial charge is 0.272 e. The zero-order chi connectivity index (χ0) is 22.1. The summed E-state index contributed by atoms with van der Waals surface area (Å²) in [7, 11) is 0. The van der Waals surface area contributed by atoms with E-state index >= 15 is 0 Å². The van der Waals surface area contributed by atoms with E-state index in [1.54, 1.807) is 53.4 Å². The quantitative estimate of drug-likeness (QED) is 0.479. The summed E-state index contributed by atoms with van der Waals surface area (Å²) in [6.45, 7) is 1.92. The molecule has 6 nitrogen and oxygen atoms in total. The molecular formula is C24H20F2N4O2. The Morgan fingerprint density at radius 3 is 2.34 bits per heavy atom. The third kappa shape index (κ3) is 3.75. The molecule has 2 aromatic heterocycles. The van der Waals surface area contributed by atoms with E-state index in [0.29, 0.717) is 54.7 Å². The van der Waals surface area contributed by atoms with Crippen molar-refractivity contribution in [1.82, 2.24) is 14.7 Å². The molecule has 1 fully saturated rings. The predicted octanol–water partition coefficient (Wildman–Crippen LogP) is 4.37. The first-order valence-corrected chi connectivity index (χ1v) is 10.3. The number of carbonyl (C=O) groups is 1. The number of para-hydroxylation sites is 1. The first-order valence-electron chi connectivity index (χ1n) is 10.3. The van der Waals surface area contributed by atoms with Crippen molar-refractivity contribution in [3.8, 4) is 17.1 Å². The van der Waals surface area contributed by atoms with Gasteiger partial charge in [-0.1, -0.05) is 12.1 Å². The Labute approximate surface area is 183 Å². The molecule has 0 radical (unpaired) electrons. The van der Waals surface area contributed by atoms with Gasteiger partial charge in [-0.3, -0.25) is 4.79 Å². The summed E-state index contributed by atoms with van der Waals surface area (Å²) in [6.07, 6.45) is 1.54. The van der Waals surface area contributed by atoms with E-state index in [-0.39, 0.29) is 17.5 Å². The Bertz CT molecular complexity index is 1230. The number of halogens is 2. The number of hydrogen-bond donors (Lipinski definition) is 0. The number of piperazine rings is 1. The monoisotopic (exact) mass is 434 g/mol. The average Bonchev–Trinajstić information content (AvgIpc) is 3.50. The molecule has 5 rings (SSSR count). The number of hydrogen-bond acceptors (Lipinski definition) is 4. The molecule has 0 saturated carbocycles. The van der Waals surface area contributed by atoms with Gasteiger partial charge in [-0.05, 0) is 48.5 Å². The summed E-state index contributed by atoms with van der Waals surface area (Å²) in [5, 5.41) is 4.54. The second kappa shape index (κ2) is 8.30. The summed E-state index contributed by atoms with van der Waals surface area (Å²) < 4.78 is 34.5. The molecule has 1 aliphatic heterocycles. The summed E-state index contributed by atoms with van der Waals surface area (Å²) in [5.74, 6) is -0.314. The standard InChI is InChI=1S/C24H20F2N4O2/c25-17-7-9-18(10-8-17)30-22(16-20(27-30)23-6-3-15-32-23)24(31)29-13-11-28(12-14-29)21-5-2-1-4-19(21)26/h1-10,15-16H,11-14H2. The van der Waals surface area contributed by atoms with Gasteiger partial charge in [-0.15, -0.1) is 0 Å². The third-order valence-corrected chi connectivity index (χ3v) is 5.53. The van der Waals surface area contributed by atoms with Crippen molar-refractivity contribution in [1.29, 1.82) is 0 Å². The predicted molar refractivity (Wildman–Crippen MR) is 116 cm³/mol. The van der Waals surface area contributed by atoms with Crippen molar-refractivity contribution < 1.29 is 18.0 Å². The zero-order valence-electron chi connectivity index (χ0n) is 17.1. The van der Waals surface area contributed by atoms with E-state index < -0.39 is 0 Å². The van der Waals surface area contributed by atoms with Gasteiger partial charge in [0.2, 0.25) is 0 Å². The van der Waals surface area contributed by atoms with E-state index in [1.165, 1.54) is 29.1 Å². The fraction of sp³-hybridized carbons (Fsp3) is 0.167. The van der Waals surface area contributed by atoms with Crippen LogP contribution in [0, 0.1) is 11.6 Å². The number of anilines is 1. The number of carbonyl (C=O) groups excluding carboxylic acids is 1. The van der Waals surface area contributed by atoms with Gasteiger partial charge < -0.3 is 14.2 Å².